The van der Waals surface area contributed by atoms with E-state index in [4.69, 9.17) is 0 Å². The molecule has 1 amide bonds. The van der Waals surface area contributed by atoms with Crippen LogP contribution in [0.5, 0.6) is 0 Å². The van der Waals surface area contributed by atoms with Gasteiger partial charge in [0.1, 0.15) is 23.2 Å². The molecule has 0 bridgehead atoms. The van der Waals surface area contributed by atoms with Crippen LogP contribution in [0, 0.1) is 6.92 Å². The van der Waals surface area contributed by atoms with E-state index < -0.39 is 0 Å². The first-order valence-corrected chi connectivity index (χ1v) is 11.4. The quantitative estimate of drug-likeness (QED) is 0.388. The van der Waals surface area contributed by atoms with Crippen molar-refractivity contribution >= 4 is 28.9 Å². The Morgan fingerprint density at radius 3 is 2.29 bits per heavy atom. The summed E-state index contributed by atoms with van der Waals surface area (Å²) in [7, 11) is 1.77. The Bertz CT molecular complexity index is 1260. The standard InChI is InChI=1S/C26H29N7O/c1-5-33(6-2)25-17-24(27-18(3)28-25)29-20-12-14-21(15-13-20)30-26(34)23-16-22(31-32(23)4)19-10-8-7-9-11-19/h7-17H,5-6H2,1-4H3,(H,30,34)(H,27,28,29). The number of rotatable bonds is 8. The monoisotopic (exact) mass is 455 g/mol. The fourth-order valence-electron chi connectivity index (χ4n) is 3.74. The number of benzene rings is 2. The minimum absolute atomic E-state index is 0.215. The van der Waals surface area contributed by atoms with Gasteiger partial charge < -0.3 is 15.5 Å². The van der Waals surface area contributed by atoms with Gasteiger partial charge in [-0.1, -0.05) is 30.3 Å². The van der Waals surface area contributed by atoms with Crippen molar-refractivity contribution in [3.05, 3.63) is 78.2 Å². The van der Waals surface area contributed by atoms with Gasteiger partial charge in [-0.05, 0) is 51.1 Å². The molecule has 34 heavy (non-hydrogen) atoms. The van der Waals surface area contributed by atoms with E-state index in [9.17, 15) is 4.79 Å². The van der Waals surface area contributed by atoms with Gasteiger partial charge in [-0.2, -0.15) is 5.10 Å². The van der Waals surface area contributed by atoms with E-state index in [1.54, 1.807) is 17.8 Å². The van der Waals surface area contributed by atoms with Crippen molar-refractivity contribution in [3.63, 3.8) is 0 Å². The Morgan fingerprint density at radius 1 is 0.941 bits per heavy atom. The molecule has 0 spiro atoms. The Hall–Kier alpha value is -4.20. The lowest BCUT2D eigenvalue weighted by Gasteiger charge is -2.20. The maximum absolute atomic E-state index is 12.8. The van der Waals surface area contributed by atoms with E-state index in [1.807, 2.05) is 67.6 Å². The van der Waals surface area contributed by atoms with Crippen molar-refractivity contribution in [2.24, 2.45) is 7.05 Å². The third-order valence-corrected chi connectivity index (χ3v) is 5.51. The van der Waals surface area contributed by atoms with Crippen molar-refractivity contribution in [2.45, 2.75) is 20.8 Å². The lowest BCUT2D eigenvalue weighted by molar-refractivity contribution is 0.101. The summed E-state index contributed by atoms with van der Waals surface area (Å²) in [6.07, 6.45) is 0. The lowest BCUT2D eigenvalue weighted by Crippen LogP contribution is -2.23. The molecule has 2 heterocycles. The summed E-state index contributed by atoms with van der Waals surface area (Å²) in [6.45, 7) is 7.86. The highest BCUT2D eigenvalue weighted by Gasteiger charge is 2.15. The van der Waals surface area contributed by atoms with Crippen LogP contribution in [-0.4, -0.2) is 38.7 Å². The van der Waals surface area contributed by atoms with Crippen molar-refractivity contribution < 1.29 is 4.79 Å². The Balaban J connectivity index is 1.45. The third-order valence-electron chi connectivity index (χ3n) is 5.51. The summed E-state index contributed by atoms with van der Waals surface area (Å²) in [5.41, 5.74) is 3.78. The van der Waals surface area contributed by atoms with Crippen LogP contribution in [0.2, 0.25) is 0 Å². The normalized spacial score (nSPS) is 10.7. The van der Waals surface area contributed by atoms with Gasteiger partial charge in [-0.25, -0.2) is 9.97 Å². The molecule has 0 radical (unpaired) electrons. The average Bonchev–Trinajstić information content (AvgIpc) is 3.23. The topological polar surface area (TPSA) is 88.0 Å². The Morgan fingerprint density at radius 2 is 1.62 bits per heavy atom. The van der Waals surface area contributed by atoms with Gasteiger partial charge in [-0.15, -0.1) is 0 Å². The highest BCUT2D eigenvalue weighted by molar-refractivity contribution is 6.03. The van der Waals surface area contributed by atoms with E-state index >= 15 is 0 Å². The molecule has 4 rings (SSSR count). The molecule has 0 aliphatic carbocycles. The molecule has 0 fully saturated rings. The van der Waals surface area contributed by atoms with Crippen LogP contribution in [0.25, 0.3) is 11.3 Å². The molecule has 0 aliphatic rings. The van der Waals surface area contributed by atoms with Gasteiger partial charge in [0.05, 0.1) is 5.69 Å². The molecule has 8 nitrogen and oxygen atoms in total. The predicted molar refractivity (Wildman–Crippen MR) is 137 cm³/mol. The van der Waals surface area contributed by atoms with E-state index in [2.05, 4.69) is 44.4 Å². The van der Waals surface area contributed by atoms with Crippen LogP contribution >= 0.6 is 0 Å². The van der Waals surface area contributed by atoms with E-state index in [-0.39, 0.29) is 5.91 Å². The Labute approximate surface area is 199 Å². The summed E-state index contributed by atoms with van der Waals surface area (Å²) < 4.78 is 1.60. The fraction of sp³-hybridized carbons (Fsp3) is 0.231. The minimum Gasteiger partial charge on any atom is -0.357 e. The highest BCUT2D eigenvalue weighted by Crippen LogP contribution is 2.22. The zero-order chi connectivity index (χ0) is 24.1. The predicted octanol–water partition coefficient (Wildman–Crippen LogP) is 5.03. The molecule has 174 valence electrons. The van der Waals surface area contributed by atoms with Crippen molar-refractivity contribution in [2.75, 3.05) is 28.6 Å². The van der Waals surface area contributed by atoms with Crippen LogP contribution in [0.15, 0.2) is 66.7 Å². The maximum Gasteiger partial charge on any atom is 0.273 e. The SMILES string of the molecule is CCN(CC)c1cc(Nc2ccc(NC(=O)c3cc(-c4ccccc4)nn3C)cc2)nc(C)n1. The molecule has 4 aromatic rings. The van der Waals surface area contributed by atoms with Crippen molar-refractivity contribution in [3.8, 4) is 11.3 Å². The van der Waals surface area contributed by atoms with Gasteiger partial charge in [-0.3, -0.25) is 9.48 Å². The van der Waals surface area contributed by atoms with E-state index in [0.29, 0.717) is 17.2 Å². The summed E-state index contributed by atoms with van der Waals surface area (Å²) in [6, 6.07) is 21.1. The summed E-state index contributed by atoms with van der Waals surface area (Å²) >= 11 is 0. The van der Waals surface area contributed by atoms with Gasteiger partial charge >= 0.3 is 0 Å². The maximum atomic E-state index is 12.8. The average molecular weight is 456 g/mol. The molecule has 0 atom stereocenters. The smallest absolute Gasteiger partial charge is 0.273 e. The number of carbonyl (C=O) groups is 1. The number of nitrogens with zero attached hydrogens (tertiary/aromatic N) is 5. The lowest BCUT2D eigenvalue weighted by atomic mass is 10.1. The van der Waals surface area contributed by atoms with Crippen LogP contribution in [0.1, 0.15) is 30.2 Å². The second-order valence-electron chi connectivity index (χ2n) is 7.89. The molecule has 2 aromatic carbocycles. The zero-order valence-corrected chi connectivity index (χ0v) is 19.9. The largest absolute Gasteiger partial charge is 0.357 e. The first-order chi connectivity index (χ1) is 16.5. The molecule has 0 saturated carbocycles. The number of hydrogen-bond donors (Lipinski definition) is 2. The molecular weight excluding hydrogens is 426 g/mol. The number of carbonyl (C=O) groups excluding carboxylic acids is 1. The molecule has 8 heteroatoms. The van der Waals surface area contributed by atoms with Gasteiger partial charge in [0.15, 0.2) is 0 Å². The zero-order valence-electron chi connectivity index (χ0n) is 19.9. The second kappa shape index (κ2) is 10.2. The molecular formula is C26H29N7O. The van der Waals surface area contributed by atoms with Crippen molar-refractivity contribution in [1.82, 2.24) is 19.7 Å². The molecule has 0 saturated heterocycles. The number of anilines is 4. The van der Waals surface area contributed by atoms with Crippen LogP contribution < -0.4 is 15.5 Å². The van der Waals surface area contributed by atoms with Crippen LogP contribution in [-0.2, 0) is 7.05 Å². The molecule has 0 unspecified atom stereocenters. The van der Waals surface area contributed by atoms with Crippen LogP contribution in [0.4, 0.5) is 23.0 Å². The number of amides is 1. The Kier molecular flexibility index (Phi) is 6.87. The van der Waals surface area contributed by atoms with Crippen LogP contribution in [0.3, 0.4) is 0 Å². The van der Waals surface area contributed by atoms with Gasteiger partial charge in [0, 0.05) is 43.1 Å². The second-order valence-corrected chi connectivity index (χ2v) is 7.89. The minimum atomic E-state index is -0.215. The van der Waals surface area contributed by atoms with E-state index in [1.165, 1.54) is 0 Å². The fourth-order valence-corrected chi connectivity index (χ4v) is 3.74. The number of nitrogens with one attached hydrogen (secondary N) is 2. The molecule has 2 N–H and O–H groups in total. The highest BCUT2D eigenvalue weighted by atomic mass is 16.2. The van der Waals surface area contributed by atoms with E-state index in [0.717, 1.165) is 41.7 Å². The third kappa shape index (κ3) is 5.23. The first-order valence-electron chi connectivity index (χ1n) is 11.4. The summed E-state index contributed by atoms with van der Waals surface area (Å²) in [4.78, 5) is 24.1. The number of aryl methyl sites for hydroxylation is 2. The van der Waals surface area contributed by atoms with Crippen molar-refractivity contribution in [1.29, 1.82) is 0 Å². The molecule has 0 aliphatic heterocycles. The number of hydrogen-bond acceptors (Lipinski definition) is 6. The van der Waals surface area contributed by atoms with Gasteiger partial charge in [0.2, 0.25) is 0 Å². The summed E-state index contributed by atoms with van der Waals surface area (Å²) in [5, 5.41) is 10.7. The summed E-state index contributed by atoms with van der Waals surface area (Å²) in [5.74, 6) is 2.12. The molecule has 2 aromatic heterocycles. The van der Waals surface area contributed by atoms with Gasteiger partial charge in [0.25, 0.3) is 5.91 Å². The first kappa shape index (κ1) is 23.0. The number of aromatic nitrogens is 4.